The Labute approximate surface area is 256 Å². The molecular weight excluding hydrogens is 532 g/mol. The summed E-state index contributed by atoms with van der Waals surface area (Å²) in [6.45, 7) is 0. The van der Waals surface area contributed by atoms with Gasteiger partial charge in [0.25, 0.3) is 0 Å². The van der Waals surface area contributed by atoms with Crippen LogP contribution < -0.4 is 10.2 Å². The standard InChI is InChI=1S/C42H28N2/c1-2-13-28(14-3-1)41-43-37-22-11-21-36-40(37)44(41)38-23-9-8-19-34(38)42(36)33-18-7-6-16-32(33)39-31(17-10-20-35(39)42)30-25-24-27-12-4-5-15-29(27)26-30/h1-26,41,43H. The second-order valence-corrected chi connectivity index (χ2v) is 12.1. The van der Waals surface area contributed by atoms with Crippen molar-refractivity contribution < 1.29 is 0 Å². The van der Waals surface area contributed by atoms with Crippen LogP contribution in [-0.4, -0.2) is 0 Å². The molecule has 0 radical (unpaired) electrons. The number of nitrogens with zero attached hydrogens (tertiary/aromatic N) is 1. The van der Waals surface area contributed by atoms with Gasteiger partial charge in [-0.25, -0.2) is 0 Å². The van der Waals surface area contributed by atoms with E-state index in [-0.39, 0.29) is 6.17 Å². The van der Waals surface area contributed by atoms with Gasteiger partial charge in [-0.3, -0.25) is 0 Å². The van der Waals surface area contributed by atoms with E-state index in [4.69, 9.17) is 0 Å². The van der Waals surface area contributed by atoms with Crippen molar-refractivity contribution in [2.24, 2.45) is 0 Å². The SMILES string of the molecule is c1ccc(C2Nc3cccc4c3N2c2ccccc2C42c3ccccc3-c3c(-c4ccc5ccccc5c4)cccc32)cc1. The molecular formula is C42H28N2. The van der Waals surface area contributed by atoms with Crippen molar-refractivity contribution >= 4 is 27.8 Å². The Morgan fingerprint density at radius 3 is 2.09 bits per heavy atom. The first-order valence-electron chi connectivity index (χ1n) is 15.4. The maximum absolute atomic E-state index is 3.91. The van der Waals surface area contributed by atoms with Crippen LogP contribution in [0.1, 0.15) is 34.0 Å². The van der Waals surface area contributed by atoms with Crippen LogP contribution in [0.5, 0.6) is 0 Å². The van der Waals surface area contributed by atoms with E-state index < -0.39 is 5.41 Å². The van der Waals surface area contributed by atoms with E-state index in [1.165, 1.54) is 77.9 Å². The molecule has 1 aliphatic carbocycles. The van der Waals surface area contributed by atoms with E-state index in [1.807, 2.05) is 0 Å². The molecule has 2 heterocycles. The highest BCUT2D eigenvalue weighted by molar-refractivity contribution is 6.02. The third kappa shape index (κ3) is 2.95. The Morgan fingerprint density at radius 1 is 0.500 bits per heavy atom. The third-order valence-electron chi connectivity index (χ3n) is 10.0. The van der Waals surface area contributed by atoms with E-state index >= 15 is 0 Å². The van der Waals surface area contributed by atoms with Crippen molar-refractivity contribution in [1.82, 2.24) is 0 Å². The monoisotopic (exact) mass is 560 g/mol. The lowest BCUT2D eigenvalue weighted by Gasteiger charge is -2.44. The molecule has 2 heteroatoms. The summed E-state index contributed by atoms with van der Waals surface area (Å²) in [4.78, 5) is 2.54. The summed E-state index contributed by atoms with van der Waals surface area (Å²) in [5.74, 6) is 0. The topological polar surface area (TPSA) is 15.3 Å². The van der Waals surface area contributed by atoms with Gasteiger partial charge in [0.2, 0.25) is 0 Å². The fourth-order valence-corrected chi connectivity index (χ4v) is 8.34. The van der Waals surface area contributed by atoms with Gasteiger partial charge in [0, 0.05) is 5.69 Å². The van der Waals surface area contributed by atoms with Gasteiger partial charge in [0.05, 0.1) is 16.8 Å². The summed E-state index contributed by atoms with van der Waals surface area (Å²) in [6.07, 6.45) is 0.0194. The number of anilines is 3. The molecule has 2 atom stereocenters. The molecule has 0 amide bonds. The van der Waals surface area contributed by atoms with Crippen LogP contribution in [0.2, 0.25) is 0 Å². The summed E-state index contributed by atoms with van der Waals surface area (Å²) in [5, 5.41) is 6.44. The molecule has 0 aromatic heterocycles. The molecule has 0 saturated heterocycles. The molecule has 7 aromatic carbocycles. The lowest BCUT2D eigenvalue weighted by molar-refractivity contribution is 0.720. The highest BCUT2D eigenvalue weighted by Gasteiger charge is 2.54. The number of hydrogen-bond acceptors (Lipinski definition) is 2. The van der Waals surface area contributed by atoms with Gasteiger partial charge < -0.3 is 10.2 Å². The first-order valence-corrected chi connectivity index (χ1v) is 15.4. The van der Waals surface area contributed by atoms with Crippen molar-refractivity contribution in [2.45, 2.75) is 11.6 Å². The Kier molecular flexibility index (Phi) is 4.74. The third-order valence-corrected chi connectivity index (χ3v) is 10.0. The van der Waals surface area contributed by atoms with Crippen LogP contribution in [-0.2, 0) is 5.41 Å². The second-order valence-electron chi connectivity index (χ2n) is 12.1. The fourth-order valence-electron chi connectivity index (χ4n) is 8.34. The van der Waals surface area contributed by atoms with Crippen LogP contribution in [0.25, 0.3) is 33.0 Å². The molecule has 44 heavy (non-hydrogen) atoms. The molecule has 0 saturated carbocycles. The first kappa shape index (κ1) is 23.9. The summed E-state index contributed by atoms with van der Waals surface area (Å²) in [5.41, 5.74) is 15.1. The second kappa shape index (κ2) is 8.72. The normalized spacial score (nSPS) is 18.5. The lowest BCUT2D eigenvalue weighted by atomic mass is 9.64. The summed E-state index contributed by atoms with van der Waals surface area (Å²) in [7, 11) is 0. The average molecular weight is 561 g/mol. The number of rotatable bonds is 2. The van der Waals surface area contributed by atoms with Crippen LogP contribution in [0, 0.1) is 0 Å². The number of nitrogens with one attached hydrogen (secondary N) is 1. The Hall–Kier alpha value is -5.60. The van der Waals surface area contributed by atoms with Crippen molar-refractivity contribution in [1.29, 1.82) is 0 Å². The summed E-state index contributed by atoms with van der Waals surface area (Å²) >= 11 is 0. The van der Waals surface area contributed by atoms with Crippen molar-refractivity contribution in [3.05, 3.63) is 186 Å². The van der Waals surface area contributed by atoms with Crippen LogP contribution in [0.15, 0.2) is 158 Å². The quantitative estimate of drug-likeness (QED) is 0.226. The highest BCUT2D eigenvalue weighted by atomic mass is 15.3. The molecule has 206 valence electrons. The van der Waals surface area contributed by atoms with Gasteiger partial charge in [0.15, 0.2) is 0 Å². The van der Waals surface area contributed by atoms with Crippen molar-refractivity contribution in [3.63, 3.8) is 0 Å². The number of para-hydroxylation sites is 2. The van der Waals surface area contributed by atoms with E-state index in [9.17, 15) is 0 Å². The Bertz CT molecular complexity index is 2280. The first-order chi connectivity index (χ1) is 21.8. The minimum atomic E-state index is -0.440. The number of fused-ring (bicyclic) bond motifs is 10. The van der Waals surface area contributed by atoms with E-state index in [0.29, 0.717) is 0 Å². The number of hydrogen-bond donors (Lipinski definition) is 1. The summed E-state index contributed by atoms with van der Waals surface area (Å²) in [6, 6.07) is 58.3. The molecule has 2 nitrogen and oxygen atoms in total. The van der Waals surface area contributed by atoms with Crippen molar-refractivity contribution in [3.8, 4) is 22.3 Å². The number of benzene rings is 7. The van der Waals surface area contributed by atoms with Gasteiger partial charge in [0.1, 0.15) is 6.17 Å². The van der Waals surface area contributed by atoms with Crippen LogP contribution in [0.4, 0.5) is 17.1 Å². The summed E-state index contributed by atoms with van der Waals surface area (Å²) < 4.78 is 0. The van der Waals surface area contributed by atoms with Crippen LogP contribution >= 0.6 is 0 Å². The molecule has 1 spiro atoms. The zero-order valence-electron chi connectivity index (χ0n) is 24.0. The van der Waals surface area contributed by atoms with Gasteiger partial charge in [-0.1, -0.05) is 140 Å². The van der Waals surface area contributed by atoms with Crippen LogP contribution in [0.3, 0.4) is 0 Å². The Balaban J connectivity index is 1.30. The molecule has 1 N–H and O–H groups in total. The Morgan fingerprint density at radius 2 is 1.18 bits per heavy atom. The molecule has 7 aromatic rings. The maximum atomic E-state index is 3.91. The van der Waals surface area contributed by atoms with Gasteiger partial charge in [-0.2, -0.15) is 0 Å². The van der Waals surface area contributed by atoms with E-state index in [2.05, 4.69) is 168 Å². The maximum Gasteiger partial charge on any atom is 0.130 e. The minimum absolute atomic E-state index is 0.0194. The molecule has 10 rings (SSSR count). The van der Waals surface area contributed by atoms with Crippen molar-refractivity contribution in [2.75, 3.05) is 10.2 Å². The zero-order valence-corrected chi connectivity index (χ0v) is 24.0. The average Bonchev–Trinajstić information content (AvgIpc) is 3.63. The molecule has 0 fully saturated rings. The van der Waals surface area contributed by atoms with Gasteiger partial charge >= 0.3 is 0 Å². The largest absolute Gasteiger partial charge is 0.359 e. The predicted molar refractivity (Wildman–Crippen MR) is 182 cm³/mol. The molecule has 2 unspecified atom stereocenters. The predicted octanol–water partition coefficient (Wildman–Crippen LogP) is 10.4. The smallest absolute Gasteiger partial charge is 0.130 e. The van der Waals surface area contributed by atoms with Gasteiger partial charge in [-0.05, 0) is 79.0 Å². The molecule has 2 aliphatic heterocycles. The van der Waals surface area contributed by atoms with E-state index in [1.54, 1.807) is 0 Å². The molecule has 0 bridgehead atoms. The zero-order chi connectivity index (χ0) is 28.8. The van der Waals surface area contributed by atoms with E-state index in [0.717, 1.165) is 0 Å². The highest BCUT2D eigenvalue weighted by Crippen LogP contribution is 2.66. The lowest BCUT2D eigenvalue weighted by Crippen LogP contribution is -2.37. The minimum Gasteiger partial charge on any atom is -0.359 e. The molecule has 3 aliphatic rings. The fraction of sp³-hybridized carbons (Fsp3) is 0.0476. The van der Waals surface area contributed by atoms with Gasteiger partial charge in [-0.15, -0.1) is 0 Å².